The molecule has 0 rings (SSSR count). The minimum atomic E-state index is -0.793. The Morgan fingerprint density at radius 3 is 2.00 bits per heavy atom. The van der Waals surface area contributed by atoms with E-state index >= 15 is 0 Å². The molecule has 0 aliphatic carbocycles. The topological polar surface area (TPSA) is 0 Å². The zero-order valence-corrected chi connectivity index (χ0v) is 6.65. The van der Waals surface area contributed by atoms with Gasteiger partial charge in [-0.25, -0.2) is 0 Å². The van der Waals surface area contributed by atoms with E-state index in [1.807, 2.05) is 0 Å². The van der Waals surface area contributed by atoms with Gasteiger partial charge in [0.2, 0.25) is 0 Å². The van der Waals surface area contributed by atoms with E-state index in [0.717, 1.165) is 0 Å². The molecule has 4 heavy (non-hydrogen) atoms. The molecule has 0 aliphatic heterocycles. The Morgan fingerprint density at radius 1 is 2.00 bits per heavy atom. The van der Waals surface area contributed by atoms with Crippen LogP contribution < -0.4 is 0 Å². The Labute approximate surface area is 44.4 Å². The molecule has 3 heteroatoms. The van der Waals surface area contributed by atoms with Crippen molar-refractivity contribution in [3.8, 4) is 0 Å². The molecule has 24 valence electrons. The molecular weight excluding hydrogens is 277 g/mol. The summed E-state index contributed by atoms with van der Waals surface area (Å²) in [6.07, 6.45) is 0. The molecule has 0 bridgehead atoms. The average molecular weight is 280 g/mol. The predicted molar refractivity (Wildman–Crippen MR) is 39.7 cm³/mol. The van der Waals surface area contributed by atoms with Crippen molar-refractivity contribution in [3.05, 3.63) is 0 Å². The van der Waals surface area contributed by atoms with Crippen molar-refractivity contribution < 1.29 is 0 Å². The molecule has 0 unspecified atom stereocenters. The van der Waals surface area contributed by atoms with Gasteiger partial charge in [-0.2, -0.15) is 0 Å². The van der Waals surface area contributed by atoms with Gasteiger partial charge in [-0.1, -0.05) is 0 Å². The first-order chi connectivity index (χ1) is 1.73. The molecule has 0 aromatic heterocycles. The number of rotatable bonds is 0. The van der Waals surface area contributed by atoms with Crippen LogP contribution in [0.2, 0.25) is 0 Å². The van der Waals surface area contributed by atoms with Crippen molar-refractivity contribution in [2.24, 2.45) is 0 Å². The molecule has 0 nitrogen and oxygen atoms in total. The van der Waals surface area contributed by atoms with Gasteiger partial charge in [0.1, 0.15) is 0 Å². The second-order valence-electron chi connectivity index (χ2n) is 0.444. The molecule has 2 radical (unpaired) electrons. The van der Waals surface area contributed by atoms with E-state index in [1.54, 1.807) is 0 Å². The Morgan fingerprint density at radius 2 is 2.00 bits per heavy atom. The predicted octanol–water partition coefficient (Wildman–Crippen LogP) is 1.56. The van der Waals surface area contributed by atoms with E-state index in [0.29, 0.717) is 0 Å². The molecule has 0 spiro atoms. The van der Waals surface area contributed by atoms with Crippen LogP contribution in [-0.2, 0) is 0 Å². The van der Waals surface area contributed by atoms with Crippen LogP contribution in [0.3, 0.4) is 0 Å². The van der Waals surface area contributed by atoms with Crippen LogP contribution >= 0.6 is 34.2 Å². The molecule has 0 atom stereocenters. The van der Waals surface area contributed by atoms with Gasteiger partial charge < -0.3 is 0 Å². The van der Waals surface area contributed by atoms with Gasteiger partial charge in [0.05, 0.1) is 0 Å². The average Bonchev–Trinajstić information content (AvgIpc) is 0.811. The molecular formula is CH3BI2. The van der Waals surface area contributed by atoms with Gasteiger partial charge in [0, 0.05) is 0 Å². The summed E-state index contributed by atoms with van der Waals surface area (Å²) < 4.78 is 0. The molecule has 0 aromatic carbocycles. The summed E-state index contributed by atoms with van der Waals surface area (Å²) in [5.41, 5.74) is 5.25. The Hall–Kier alpha value is 1.52. The third-order valence-electron chi connectivity index (χ3n) is 0. The fourth-order valence-corrected chi connectivity index (χ4v) is 0. The van der Waals surface area contributed by atoms with Crippen LogP contribution in [-0.4, -0.2) is 10.6 Å². The van der Waals surface area contributed by atoms with Crippen LogP contribution in [0.1, 0.15) is 0 Å². The zero-order valence-electron chi connectivity index (χ0n) is 2.33. The fraction of sp³-hybridized carbons (Fsp3) is 1.00. The SMILES string of the molecule is [B]I(C)I. The van der Waals surface area contributed by atoms with Crippen molar-refractivity contribution in [1.82, 2.24) is 0 Å². The van der Waals surface area contributed by atoms with Gasteiger partial charge in [-0.05, 0) is 0 Å². The third-order valence-corrected chi connectivity index (χ3v) is 0. The second kappa shape index (κ2) is 2.75. The quantitative estimate of drug-likeness (QED) is 0.359. The van der Waals surface area contributed by atoms with Crippen LogP contribution in [0, 0.1) is 0 Å². The maximum atomic E-state index is 5.25. The summed E-state index contributed by atoms with van der Waals surface area (Å²) in [6, 6.07) is 0. The third kappa shape index (κ3) is 9.66. The van der Waals surface area contributed by atoms with E-state index in [4.69, 9.17) is 5.70 Å². The summed E-state index contributed by atoms with van der Waals surface area (Å²) in [7, 11) is 0. The van der Waals surface area contributed by atoms with E-state index in [2.05, 4.69) is 23.5 Å². The summed E-state index contributed by atoms with van der Waals surface area (Å²) in [5.74, 6) is 0. The maximum absolute atomic E-state index is 5.25. The molecule has 0 aliphatic rings. The number of hydrogen-bond acceptors (Lipinski definition) is 0. The van der Waals surface area contributed by atoms with Crippen LogP contribution in [0.5, 0.6) is 0 Å². The fourth-order valence-electron chi connectivity index (χ4n) is 0. The van der Waals surface area contributed by atoms with Crippen molar-refractivity contribution in [2.75, 3.05) is 4.93 Å². The van der Waals surface area contributed by atoms with E-state index in [9.17, 15) is 0 Å². The Bertz CT molecular complexity index is 10.8. The number of halogens is 2. The molecule has 0 N–H and O–H groups in total. The van der Waals surface area contributed by atoms with Gasteiger partial charge in [-0.3, -0.25) is 0 Å². The first-order valence-electron chi connectivity index (χ1n) is 0.739. The Kier molecular flexibility index (Phi) is 3.79. The van der Waals surface area contributed by atoms with Gasteiger partial charge in [0.25, 0.3) is 0 Å². The molecule has 0 heterocycles. The normalized spacial score (nSPS) is 11.0. The number of alkyl halides is 1. The number of hydrogen-bond donors (Lipinski definition) is 0. The zero-order chi connectivity index (χ0) is 3.58. The molecule has 0 saturated heterocycles. The van der Waals surface area contributed by atoms with Crippen molar-refractivity contribution >= 4 is 39.9 Å². The van der Waals surface area contributed by atoms with E-state index < -0.39 is 15.6 Å². The van der Waals surface area contributed by atoms with Gasteiger partial charge in [-0.15, -0.1) is 0 Å². The minimum absolute atomic E-state index is 0.793. The molecule has 0 fully saturated rings. The van der Waals surface area contributed by atoms with E-state index in [1.165, 1.54) is 0 Å². The summed E-state index contributed by atoms with van der Waals surface area (Å²) >= 11 is 1.48. The summed E-state index contributed by atoms with van der Waals surface area (Å²) in [6.45, 7) is 0. The molecule has 0 amide bonds. The second-order valence-corrected chi connectivity index (χ2v) is 11.6. The Balaban J connectivity index is 2.32. The first kappa shape index (κ1) is 5.52. The molecule has 0 aromatic rings. The summed E-state index contributed by atoms with van der Waals surface area (Å²) in [5, 5.41) is 0. The molecule has 0 saturated carbocycles. The monoisotopic (exact) mass is 280 g/mol. The van der Waals surface area contributed by atoms with E-state index in [-0.39, 0.29) is 0 Å². The summed E-state index contributed by atoms with van der Waals surface area (Å²) in [4.78, 5) is 2.09. The van der Waals surface area contributed by atoms with Gasteiger partial charge >= 0.3 is 44.9 Å². The van der Waals surface area contributed by atoms with Crippen LogP contribution in [0.15, 0.2) is 0 Å². The standard InChI is InChI=1S/CH3BI2/c1-4(2)3/h1H3. The van der Waals surface area contributed by atoms with Crippen LogP contribution in [0.4, 0.5) is 0 Å². The van der Waals surface area contributed by atoms with Crippen LogP contribution in [0.25, 0.3) is 0 Å². The van der Waals surface area contributed by atoms with Gasteiger partial charge in [0.15, 0.2) is 0 Å². The van der Waals surface area contributed by atoms with Crippen molar-refractivity contribution in [1.29, 1.82) is 0 Å². The van der Waals surface area contributed by atoms with Crippen molar-refractivity contribution in [2.45, 2.75) is 0 Å². The van der Waals surface area contributed by atoms with Crippen molar-refractivity contribution in [3.63, 3.8) is 0 Å². The first-order valence-corrected chi connectivity index (χ1v) is 10.4.